The molecular weight excluding hydrogens is 250 g/mol. The molecule has 0 unspecified atom stereocenters. The molecule has 0 aliphatic heterocycles. The Labute approximate surface area is 110 Å². The number of aliphatic hydroxyl groups is 1. The van der Waals surface area contributed by atoms with E-state index in [-0.39, 0.29) is 6.61 Å². The van der Waals surface area contributed by atoms with Crippen LogP contribution >= 0.6 is 11.8 Å². The predicted molar refractivity (Wildman–Crippen MR) is 70.5 cm³/mol. The molecule has 2 aromatic heterocycles. The first kappa shape index (κ1) is 13.2. The van der Waals surface area contributed by atoms with Crippen LogP contribution in [-0.4, -0.2) is 32.2 Å². The molecule has 0 radical (unpaired) electrons. The van der Waals surface area contributed by atoms with E-state index in [1.54, 1.807) is 18.0 Å². The van der Waals surface area contributed by atoms with Crippen LogP contribution in [0.2, 0.25) is 0 Å². The quantitative estimate of drug-likeness (QED) is 0.642. The normalized spacial score (nSPS) is 11.1. The maximum absolute atomic E-state index is 8.72. The minimum absolute atomic E-state index is 0.249. The Morgan fingerprint density at radius 3 is 2.89 bits per heavy atom. The van der Waals surface area contributed by atoms with E-state index in [9.17, 15) is 0 Å². The van der Waals surface area contributed by atoms with Crippen molar-refractivity contribution in [3.05, 3.63) is 18.1 Å². The lowest BCUT2D eigenvalue weighted by Gasteiger charge is -2.02. The molecule has 0 aliphatic rings. The fourth-order valence-corrected chi connectivity index (χ4v) is 2.58. The van der Waals surface area contributed by atoms with Crippen LogP contribution in [0, 0.1) is 6.92 Å². The maximum Gasteiger partial charge on any atom is 0.191 e. The zero-order chi connectivity index (χ0) is 13.0. The van der Waals surface area contributed by atoms with Crippen LogP contribution in [0.4, 0.5) is 0 Å². The van der Waals surface area contributed by atoms with E-state index in [0.717, 1.165) is 40.9 Å². The Bertz CT molecular complexity index is 507. The lowest BCUT2D eigenvalue weighted by Crippen LogP contribution is -1.95. The molecule has 0 spiro atoms. The Balaban J connectivity index is 2.07. The predicted octanol–water partition coefficient (Wildman–Crippen LogP) is 2.25. The molecule has 0 saturated carbocycles. The first-order chi connectivity index (χ1) is 8.74. The van der Waals surface area contributed by atoms with E-state index in [1.165, 1.54) is 0 Å². The molecule has 1 N–H and O–H groups in total. The third-order valence-electron chi connectivity index (χ3n) is 2.72. The van der Waals surface area contributed by atoms with Crippen LogP contribution in [0.15, 0.2) is 21.9 Å². The molecule has 2 rings (SSSR count). The van der Waals surface area contributed by atoms with Gasteiger partial charge in [-0.05, 0) is 25.8 Å². The Kier molecular flexibility index (Phi) is 4.43. The Morgan fingerprint density at radius 1 is 1.39 bits per heavy atom. The zero-order valence-corrected chi connectivity index (χ0v) is 11.4. The zero-order valence-electron chi connectivity index (χ0n) is 10.6. The van der Waals surface area contributed by atoms with Crippen LogP contribution < -0.4 is 0 Å². The molecule has 0 atom stereocenters. The van der Waals surface area contributed by atoms with Gasteiger partial charge in [-0.15, -0.1) is 10.2 Å². The Morgan fingerprint density at radius 2 is 2.22 bits per heavy atom. The molecule has 6 heteroatoms. The summed E-state index contributed by atoms with van der Waals surface area (Å²) in [4.78, 5) is 0. The first-order valence-electron chi connectivity index (χ1n) is 5.91. The molecule has 0 aliphatic carbocycles. The fraction of sp³-hybridized carbons (Fsp3) is 0.500. The van der Waals surface area contributed by atoms with Crippen molar-refractivity contribution in [2.24, 2.45) is 7.05 Å². The SMILES string of the molecule is Cc1occc1-c1nnc(SCCCCO)n1C. The van der Waals surface area contributed by atoms with Crippen LogP contribution in [0.1, 0.15) is 18.6 Å². The van der Waals surface area contributed by atoms with Crippen molar-refractivity contribution < 1.29 is 9.52 Å². The standard InChI is InChI=1S/C12H17N3O2S/c1-9-10(5-7-17-9)11-13-14-12(15(11)2)18-8-4-3-6-16/h5,7,16H,3-4,6,8H2,1-2H3. The number of aromatic nitrogens is 3. The fourth-order valence-electron chi connectivity index (χ4n) is 1.67. The number of hydrogen-bond acceptors (Lipinski definition) is 5. The van der Waals surface area contributed by atoms with Crippen molar-refractivity contribution >= 4 is 11.8 Å². The van der Waals surface area contributed by atoms with Gasteiger partial charge < -0.3 is 14.1 Å². The second-order valence-corrected chi connectivity index (χ2v) is 5.10. The summed E-state index contributed by atoms with van der Waals surface area (Å²) in [5, 5.41) is 18.0. The van der Waals surface area contributed by atoms with E-state index in [2.05, 4.69) is 10.2 Å². The molecule has 0 fully saturated rings. The molecule has 0 saturated heterocycles. The molecule has 2 aromatic rings. The first-order valence-corrected chi connectivity index (χ1v) is 6.90. The van der Waals surface area contributed by atoms with Gasteiger partial charge >= 0.3 is 0 Å². The molecule has 18 heavy (non-hydrogen) atoms. The van der Waals surface area contributed by atoms with Gasteiger partial charge in [-0.1, -0.05) is 11.8 Å². The van der Waals surface area contributed by atoms with Crippen molar-refractivity contribution in [1.82, 2.24) is 14.8 Å². The molecule has 2 heterocycles. The number of nitrogens with zero attached hydrogens (tertiary/aromatic N) is 3. The van der Waals surface area contributed by atoms with E-state index < -0.39 is 0 Å². The molecule has 5 nitrogen and oxygen atoms in total. The summed E-state index contributed by atoms with van der Waals surface area (Å²) in [5.41, 5.74) is 0.979. The van der Waals surface area contributed by atoms with Gasteiger partial charge in [0.1, 0.15) is 5.76 Å². The van der Waals surface area contributed by atoms with Crippen molar-refractivity contribution in [3.63, 3.8) is 0 Å². The number of aliphatic hydroxyl groups excluding tert-OH is 1. The number of rotatable bonds is 6. The minimum atomic E-state index is 0.249. The number of unbranched alkanes of at least 4 members (excludes halogenated alkanes) is 1. The van der Waals surface area contributed by atoms with Gasteiger partial charge in [0.15, 0.2) is 11.0 Å². The van der Waals surface area contributed by atoms with Crippen LogP contribution in [0.25, 0.3) is 11.4 Å². The van der Waals surface area contributed by atoms with E-state index >= 15 is 0 Å². The highest BCUT2D eigenvalue weighted by Gasteiger charge is 2.14. The summed E-state index contributed by atoms with van der Waals surface area (Å²) in [6.45, 7) is 2.16. The summed E-state index contributed by atoms with van der Waals surface area (Å²) in [6, 6.07) is 1.90. The highest BCUT2D eigenvalue weighted by Crippen LogP contribution is 2.26. The summed E-state index contributed by atoms with van der Waals surface area (Å²) >= 11 is 1.66. The van der Waals surface area contributed by atoms with Crippen LogP contribution in [0.3, 0.4) is 0 Å². The highest BCUT2D eigenvalue weighted by atomic mass is 32.2. The number of aryl methyl sites for hydroxylation is 1. The van der Waals surface area contributed by atoms with Crippen molar-refractivity contribution in [2.45, 2.75) is 24.9 Å². The van der Waals surface area contributed by atoms with Crippen molar-refractivity contribution in [1.29, 1.82) is 0 Å². The topological polar surface area (TPSA) is 64.1 Å². The lowest BCUT2D eigenvalue weighted by atomic mass is 10.2. The molecular formula is C12H17N3O2S. The van der Waals surface area contributed by atoms with E-state index in [0.29, 0.717) is 0 Å². The second kappa shape index (κ2) is 6.06. The van der Waals surface area contributed by atoms with Gasteiger partial charge in [0.05, 0.1) is 11.8 Å². The minimum Gasteiger partial charge on any atom is -0.469 e. The van der Waals surface area contributed by atoms with Gasteiger partial charge in [0, 0.05) is 19.4 Å². The van der Waals surface area contributed by atoms with Crippen molar-refractivity contribution in [3.8, 4) is 11.4 Å². The summed E-state index contributed by atoms with van der Waals surface area (Å²) in [7, 11) is 1.95. The van der Waals surface area contributed by atoms with Gasteiger partial charge in [-0.25, -0.2) is 0 Å². The summed E-state index contributed by atoms with van der Waals surface area (Å²) in [5.74, 6) is 2.62. The van der Waals surface area contributed by atoms with Gasteiger partial charge in [-0.3, -0.25) is 0 Å². The average Bonchev–Trinajstić information content (AvgIpc) is 2.92. The highest BCUT2D eigenvalue weighted by molar-refractivity contribution is 7.99. The third-order valence-corrected chi connectivity index (χ3v) is 3.82. The van der Waals surface area contributed by atoms with E-state index in [4.69, 9.17) is 9.52 Å². The van der Waals surface area contributed by atoms with E-state index in [1.807, 2.05) is 24.6 Å². The number of hydrogen-bond donors (Lipinski definition) is 1. The summed E-state index contributed by atoms with van der Waals surface area (Å²) in [6.07, 6.45) is 3.47. The van der Waals surface area contributed by atoms with Gasteiger partial charge in [0.25, 0.3) is 0 Å². The number of thioether (sulfide) groups is 1. The number of furan rings is 1. The van der Waals surface area contributed by atoms with Gasteiger partial charge in [-0.2, -0.15) is 0 Å². The second-order valence-electron chi connectivity index (χ2n) is 4.03. The lowest BCUT2D eigenvalue weighted by molar-refractivity contribution is 0.287. The van der Waals surface area contributed by atoms with Gasteiger partial charge in [0.2, 0.25) is 0 Å². The van der Waals surface area contributed by atoms with Crippen molar-refractivity contribution in [2.75, 3.05) is 12.4 Å². The molecule has 0 amide bonds. The largest absolute Gasteiger partial charge is 0.469 e. The summed E-state index contributed by atoms with van der Waals surface area (Å²) < 4.78 is 7.25. The smallest absolute Gasteiger partial charge is 0.191 e. The van der Waals surface area contributed by atoms with Crippen LogP contribution in [-0.2, 0) is 7.05 Å². The average molecular weight is 267 g/mol. The maximum atomic E-state index is 8.72. The van der Waals surface area contributed by atoms with Crippen LogP contribution in [0.5, 0.6) is 0 Å². The molecule has 0 bridgehead atoms. The monoisotopic (exact) mass is 267 g/mol. The molecule has 0 aromatic carbocycles. The third kappa shape index (κ3) is 2.76. The Hall–Kier alpha value is -1.27. The molecule has 98 valence electrons.